The Morgan fingerprint density at radius 2 is 2.45 bits per heavy atom. The molecule has 1 atom stereocenters. The average molecular weight is 159 g/mol. The van der Waals surface area contributed by atoms with Crippen LogP contribution in [-0.4, -0.2) is 35.9 Å². The van der Waals surface area contributed by atoms with Gasteiger partial charge >= 0.3 is 0 Å². The minimum atomic E-state index is -0.678. The maximum absolute atomic E-state index is 11.0. The summed E-state index contributed by atoms with van der Waals surface area (Å²) >= 11 is 0. The van der Waals surface area contributed by atoms with Crippen LogP contribution in [0.3, 0.4) is 0 Å². The smallest absolute Gasteiger partial charge is 0.252 e. The third-order valence-electron chi connectivity index (χ3n) is 1.57. The van der Waals surface area contributed by atoms with Gasteiger partial charge in [0.15, 0.2) is 6.10 Å². The van der Waals surface area contributed by atoms with Crippen molar-refractivity contribution in [1.29, 1.82) is 0 Å². The summed E-state index contributed by atoms with van der Waals surface area (Å²) in [4.78, 5) is 11.0. The number of ether oxygens (including phenoxy) is 1. The van der Waals surface area contributed by atoms with E-state index in [0.29, 0.717) is 6.61 Å². The standard InChI is InChI=1S/C7H13NO3/c1-7(2)4-11-5(3-9)6(10)8-7/h5,9H,3-4H2,1-2H3,(H,8,10). The predicted octanol–water partition coefficient (Wildman–Crippen LogP) is -0.728. The second kappa shape index (κ2) is 2.79. The zero-order valence-corrected chi connectivity index (χ0v) is 6.76. The van der Waals surface area contributed by atoms with E-state index >= 15 is 0 Å². The van der Waals surface area contributed by atoms with Crippen LogP contribution in [0.5, 0.6) is 0 Å². The van der Waals surface area contributed by atoms with E-state index in [1.807, 2.05) is 13.8 Å². The summed E-state index contributed by atoms with van der Waals surface area (Å²) in [6, 6.07) is 0. The van der Waals surface area contributed by atoms with Gasteiger partial charge in [0.1, 0.15) is 0 Å². The monoisotopic (exact) mass is 159 g/mol. The number of amides is 1. The van der Waals surface area contributed by atoms with Crippen molar-refractivity contribution >= 4 is 5.91 Å². The van der Waals surface area contributed by atoms with Crippen LogP contribution < -0.4 is 5.32 Å². The van der Waals surface area contributed by atoms with Crippen LogP contribution in [0.15, 0.2) is 0 Å². The first kappa shape index (κ1) is 8.49. The van der Waals surface area contributed by atoms with E-state index in [9.17, 15) is 4.79 Å². The van der Waals surface area contributed by atoms with E-state index in [1.54, 1.807) is 0 Å². The molecule has 0 aromatic carbocycles. The van der Waals surface area contributed by atoms with E-state index in [-0.39, 0.29) is 18.1 Å². The molecule has 0 radical (unpaired) electrons. The summed E-state index contributed by atoms with van der Waals surface area (Å²) in [6.07, 6.45) is -0.678. The molecule has 1 aliphatic rings. The van der Waals surface area contributed by atoms with Gasteiger partial charge < -0.3 is 15.2 Å². The van der Waals surface area contributed by atoms with Crippen LogP contribution in [0.2, 0.25) is 0 Å². The van der Waals surface area contributed by atoms with Crippen molar-refractivity contribution in [3.8, 4) is 0 Å². The molecule has 4 nitrogen and oxygen atoms in total. The van der Waals surface area contributed by atoms with E-state index in [4.69, 9.17) is 9.84 Å². The highest BCUT2D eigenvalue weighted by molar-refractivity contribution is 5.82. The van der Waals surface area contributed by atoms with Crippen LogP contribution in [0.1, 0.15) is 13.8 Å². The number of aliphatic hydroxyl groups is 1. The molecule has 0 bridgehead atoms. The summed E-state index contributed by atoms with van der Waals surface area (Å²) in [7, 11) is 0. The van der Waals surface area contributed by atoms with Gasteiger partial charge in [-0.3, -0.25) is 4.79 Å². The van der Waals surface area contributed by atoms with Gasteiger partial charge in [0.2, 0.25) is 0 Å². The fraction of sp³-hybridized carbons (Fsp3) is 0.857. The molecule has 1 amide bonds. The second-order valence-electron chi connectivity index (χ2n) is 3.36. The van der Waals surface area contributed by atoms with Crippen molar-refractivity contribution in [2.75, 3.05) is 13.2 Å². The van der Waals surface area contributed by atoms with Gasteiger partial charge in [-0.15, -0.1) is 0 Å². The number of morpholine rings is 1. The number of hydrogen-bond acceptors (Lipinski definition) is 3. The summed E-state index contributed by atoms with van der Waals surface area (Å²) in [6.45, 7) is 3.95. The van der Waals surface area contributed by atoms with E-state index < -0.39 is 6.10 Å². The lowest BCUT2D eigenvalue weighted by atomic mass is 10.0. The first-order valence-electron chi connectivity index (χ1n) is 3.60. The molecular formula is C7H13NO3. The van der Waals surface area contributed by atoms with E-state index in [1.165, 1.54) is 0 Å². The Bertz CT molecular complexity index is 167. The SMILES string of the molecule is CC1(C)COC(CO)C(=O)N1. The number of nitrogens with one attached hydrogen (secondary N) is 1. The molecule has 1 saturated heterocycles. The quantitative estimate of drug-likeness (QED) is 0.530. The number of carbonyl (C=O) groups is 1. The van der Waals surface area contributed by atoms with Crippen molar-refractivity contribution in [2.45, 2.75) is 25.5 Å². The van der Waals surface area contributed by atoms with Crippen LogP contribution in [0, 0.1) is 0 Å². The first-order chi connectivity index (χ1) is 5.05. The molecule has 2 N–H and O–H groups in total. The Morgan fingerprint density at radius 1 is 1.82 bits per heavy atom. The molecule has 0 aliphatic carbocycles. The Morgan fingerprint density at radius 3 is 2.91 bits per heavy atom. The number of aliphatic hydroxyl groups excluding tert-OH is 1. The van der Waals surface area contributed by atoms with Crippen LogP contribution in [0.4, 0.5) is 0 Å². The first-order valence-corrected chi connectivity index (χ1v) is 3.60. The molecule has 4 heteroatoms. The highest BCUT2D eigenvalue weighted by Crippen LogP contribution is 2.11. The van der Waals surface area contributed by atoms with Gasteiger partial charge in [0, 0.05) is 0 Å². The van der Waals surface area contributed by atoms with Gasteiger partial charge in [-0.05, 0) is 13.8 Å². The van der Waals surface area contributed by atoms with Gasteiger partial charge in [-0.1, -0.05) is 0 Å². The summed E-state index contributed by atoms with van der Waals surface area (Å²) in [5, 5.41) is 11.4. The molecule has 0 saturated carbocycles. The normalized spacial score (nSPS) is 29.7. The molecule has 1 unspecified atom stereocenters. The van der Waals surface area contributed by atoms with E-state index in [0.717, 1.165) is 0 Å². The van der Waals surface area contributed by atoms with Gasteiger partial charge in [0.25, 0.3) is 5.91 Å². The Hall–Kier alpha value is -0.610. The Kier molecular flexibility index (Phi) is 2.15. The molecule has 1 aliphatic heterocycles. The minimum absolute atomic E-state index is 0.233. The third kappa shape index (κ3) is 1.91. The van der Waals surface area contributed by atoms with Gasteiger partial charge in [0.05, 0.1) is 18.8 Å². The lowest BCUT2D eigenvalue weighted by Crippen LogP contribution is -2.57. The fourth-order valence-corrected chi connectivity index (χ4v) is 0.970. The molecule has 1 rings (SSSR count). The molecule has 64 valence electrons. The maximum atomic E-state index is 11.0. The highest BCUT2D eigenvalue weighted by Gasteiger charge is 2.32. The molecular weight excluding hydrogens is 146 g/mol. The lowest BCUT2D eigenvalue weighted by Gasteiger charge is -2.34. The third-order valence-corrected chi connectivity index (χ3v) is 1.57. The van der Waals surface area contributed by atoms with E-state index in [2.05, 4.69) is 5.32 Å². The number of carbonyl (C=O) groups excluding carboxylic acids is 1. The average Bonchev–Trinajstić information content (AvgIpc) is 1.86. The number of rotatable bonds is 1. The summed E-state index contributed by atoms with van der Waals surface area (Å²) in [5.74, 6) is -0.233. The minimum Gasteiger partial charge on any atom is -0.393 e. The zero-order valence-electron chi connectivity index (χ0n) is 6.76. The Balaban J connectivity index is 2.55. The molecule has 1 heterocycles. The highest BCUT2D eigenvalue weighted by atomic mass is 16.5. The van der Waals surface area contributed by atoms with Gasteiger partial charge in [-0.2, -0.15) is 0 Å². The summed E-state index contributed by atoms with van der Waals surface area (Å²) < 4.78 is 5.09. The molecule has 1 fully saturated rings. The molecule has 11 heavy (non-hydrogen) atoms. The summed E-state index contributed by atoms with van der Waals surface area (Å²) in [5.41, 5.74) is -0.303. The predicted molar refractivity (Wildman–Crippen MR) is 39.0 cm³/mol. The van der Waals surface area contributed by atoms with Crippen molar-refractivity contribution in [1.82, 2.24) is 5.32 Å². The van der Waals surface area contributed by atoms with Crippen molar-refractivity contribution in [3.63, 3.8) is 0 Å². The molecule has 0 spiro atoms. The van der Waals surface area contributed by atoms with Crippen LogP contribution >= 0.6 is 0 Å². The largest absolute Gasteiger partial charge is 0.393 e. The topological polar surface area (TPSA) is 58.6 Å². The zero-order chi connectivity index (χ0) is 8.48. The molecule has 0 aromatic rings. The van der Waals surface area contributed by atoms with Crippen LogP contribution in [-0.2, 0) is 9.53 Å². The molecule has 0 aromatic heterocycles. The second-order valence-corrected chi connectivity index (χ2v) is 3.36. The van der Waals surface area contributed by atoms with Crippen molar-refractivity contribution in [3.05, 3.63) is 0 Å². The van der Waals surface area contributed by atoms with Crippen LogP contribution in [0.25, 0.3) is 0 Å². The lowest BCUT2D eigenvalue weighted by molar-refractivity contribution is -0.147. The number of hydrogen-bond donors (Lipinski definition) is 2. The maximum Gasteiger partial charge on any atom is 0.252 e. The van der Waals surface area contributed by atoms with Gasteiger partial charge in [-0.25, -0.2) is 0 Å². The van der Waals surface area contributed by atoms with Crippen molar-refractivity contribution in [2.24, 2.45) is 0 Å². The van der Waals surface area contributed by atoms with Crippen molar-refractivity contribution < 1.29 is 14.6 Å². The fourth-order valence-electron chi connectivity index (χ4n) is 0.970. The Labute approximate surface area is 65.5 Å².